The number of aromatic nitrogens is 1. The first-order valence-corrected chi connectivity index (χ1v) is 7.30. The maximum absolute atomic E-state index is 6.11. The van der Waals surface area contributed by atoms with Gasteiger partial charge in [-0.25, -0.2) is 5.06 Å². The van der Waals surface area contributed by atoms with Gasteiger partial charge >= 0.3 is 0 Å². The van der Waals surface area contributed by atoms with Gasteiger partial charge in [-0.05, 0) is 23.8 Å². The minimum atomic E-state index is -0.395. The van der Waals surface area contributed by atoms with E-state index in [0.717, 1.165) is 17.7 Å². The van der Waals surface area contributed by atoms with Gasteiger partial charge in [0.2, 0.25) is 0 Å². The monoisotopic (exact) mass is 300 g/mol. The Morgan fingerprint density at radius 3 is 2.55 bits per heavy atom. The van der Waals surface area contributed by atoms with E-state index in [-0.39, 0.29) is 12.1 Å². The predicted molar refractivity (Wildman–Crippen MR) is 83.2 cm³/mol. The summed E-state index contributed by atoms with van der Waals surface area (Å²) in [6.45, 7) is 0. The molecule has 0 amide bonds. The lowest BCUT2D eigenvalue weighted by atomic mass is 10.0. The quantitative estimate of drug-likeness (QED) is 0.794. The van der Waals surface area contributed by atoms with Gasteiger partial charge in [0.15, 0.2) is 6.29 Å². The third kappa shape index (κ3) is 2.97. The first kappa shape index (κ1) is 15.0. The molecule has 1 aromatic heterocycles. The Morgan fingerprint density at radius 1 is 1.14 bits per heavy atom. The van der Waals surface area contributed by atoms with E-state index < -0.39 is 6.29 Å². The van der Waals surface area contributed by atoms with E-state index in [1.54, 1.807) is 20.4 Å². The van der Waals surface area contributed by atoms with Gasteiger partial charge < -0.3 is 9.47 Å². The molecule has 1 aromatic carbocycles. The lowest BCUT2D eigenvalue weighted by molar-refractivity contribution is -0.170. The molecule has 0 radical (unpaired) electrons. The summed E-state index contributed by atoms with van der Waals surface area (Å²) in [5.41, 5.74) is 2.12. The Bertz CT molecular complexity index is 527. The number of hydroxylamine groups is 1. The molecule has 22 heavy (non-hydrogen) atoms. The van der Waals surface area contributed by atoms with Crippen LogP contribution < -0.4 is 5.06 Å². The van der Waals surface area contributed by atoms with Crippen molar-refractivity contribution in [3.8, 4) is 0 Å². The van der Waals surface area contributed by atoms with Crippen molar-refractivity contribution in [3.63, 3.8) is 0 Å². The second kappa shape index (κ2) is 6.87. The molecule has 1 aliphatic rings. The fraction of sp³-hybridized carbons (Fsp3) is 0.353. The van der Waals surface area contributed by atoms with E-state index >= 15 is 0 Å². The Balaban J connectivity index is 1.90. The van der Waals surface area contributed by atoms with Gasteiger partial charge in [-0.3, -0.25) is 9.82 Å². The van der Waals surface area contributed by atoms with Crippen molar-refractivity contribution in [1.82, 2.24) is 4.98 Å². The molecule has 0 spiro atoms. The third-order valence-electron chi connectivity index (χ3n) is 3.84. The van der Waals surface area contributed by atoms with Crippen LogP contribution in [0.4, 0.5) is 5.69 Å². The number of nitrogens with zero attached hydrogens (tertiary/aromatic N) is 2. The Kier molecular flexibility index (Phi) is 4.68. The van der Waals surface area contributed by atoms with Gasteiger partial charge in [0.25, 0.3) is 0 Å². The molecule has 3 rings (SSSR count). The summed E-state index contributed by atoms with van der Waals surface area (Å²) in [7, 11) is 3.25. The van der Waals surface area contributed by atoms with E-state index in [2.05, 4.69) is 11.1 Å². The lowest BCUT2D eigenvalue weighted by Gasteiger charge is -2.25. The second-order valence-electron chi connectivity index (χ2n) is 5.18. The highest BCUT2D eigenvalue weighted by Crippen LogP contribution is 2.39. The zero-order valence-corrected chi connectivity index (χ0v) is 12.8. The molecule has 2 aromatic rings. The molecule has 2 atom stereocenters. The van der Waals surface area contributed by atoms with Gasteiger partial charge in [0.05, 0.1) is 11.7 Å². The number of rotatable bonds is 5. The molecule has 5 heteroatoms. The molecule has 2 heterocycles. The summed E-state index contributed by atoms with van der Waals surface area (Å²) in [5.74, 6) is 0. The van der Waals surface area contributed by atoms with Crippen LogP contribution in [0.25, 0.3) is 0 Å². The third-order valence-corrected chi connectivity index (χ3v) is 3.84. The molecule has 0 bridgehead atoms. The first-order chi connectivity index (χ1) is 10.8. The normalized spacial score (nSPS) is 21.5. The van der Waals surface area contributed by atoms with Crippen LogP contribution in [0.1, 0.15) is 18.0 Å². The summed E-state index contributed by atoms with van der Waals surface area (Å²) in [6, 6.07) is 14.1. The van der Waals surface area contributed by atoms with E-state index in [4.69, 9.17) is 14.3 Å². The lowest BCUT2D eigenvalue weighted by Crippen LogP contribution is -2.31. The molecule has 0 aliphatic carbocycles. The fourth-order valence-electron chi connectivity index (χ4n) is 2.80. The minimum Gasteiger partial charge on any atom is -0.353 e. The van der Waals surface area contributed by atoms with Crippen molar-refractivity contribution < 1.29 is 14.3 Å². The average molecular weight is 300 g/mol. The summed E-state index contributed by atoms with van der Waals surface area (Å²) in [5, 5.41) is 1.92. The largest absolute Gasteiger partial charge is 0.353 e. The molecule has 0 saturated carbocycles. The molecular weight excluding hydrogens is 280 g/mol. The summed E-state index contributed by atoms with van der Waals surface area (Å²) >= 11 is 0. The highest BCUT2D eigenvalue weighted by atomic mass is 16.7. The zero-order valence-electron chi connectivity index (χ0n) is 12.8. The van der Waals surface area contributed by atoms with Crippen LogP contribution in [0.2, 0.25) is 0 Å². The summed E-state index contributed by atoms with van der Waals surface area (Å²) in [4.78, 5) is 10.3. The van der Waals surface area contributed by atoms with Gasteiger partial charge in [-0.2, -0.15) is 0 Å². The maximum atomic E-state index is 6.11. The van der Waals surface area contributed by atoms with Gasteiger partial charge in [-0.1, -0.05) is 24.3 Å². The van der Waals surface area contributed by atoms with E-state index in [9.17, 15) is 0 Å². The summed E-state index contributed by atoms with van der Waals surface area (Å²) in [6.07, 6.45) is 3.86. The fourth-order valence-corrected chi connectivity index (χ4v) is 2.80. The topological polar surface area (TPSA) is 43.8 Å². The summed E-state index contributed by atoms with van der Waals surface area (Å²) < 4.78 is 10.7. The number of anilines is 1. The SMILES string of the molecule is COC(OC)[C@H]1C[C@@H](c2cccnc2)N(c2ccccc2)O1. The van der Waals surface area contributed by atoms with Crippen LogP contribution in [-0.4, -0.2) is 31.6 Å². The molecule has 0 unspecified atom stereocenters. The van der Waals surface area contributed by atoms with Crippen LogP contribution in [0, 0.1) is 0 Å². The highest BCUT2D eigenvalue weighted by molar-refractivity contribution is 5.47. The van der Waals surface area contributed by atoms with E-state index in [1.165, 1.54) is 0 Å². The molecule has 1 saturated heterocycles. The number of hydrogen-bond acceptors (Lipinski definition) is 5. The van der Waals surface area contributed by atoms with Gasteiger partial charge in [0.1, 0.15) is 6.10 Å². The van der Waals surface area contributed by atoms with Crippen LogP contribution in [0.3, 0.4) is 0 Å². The van der Waals surface area contributed by atoms with Gasteiger partial charge in [0, 0.05) is 33.0 Å². The standard InChI is InChI=1S/C17H20N2O3/c1-20-17(21-2)16-11-15(13-7-6-10-18-12-13)19(22-16)14-8-4-3-5-9-14/h3-10,12,15-17H,11H2,1-2H3/t15-,16+/m0/s1. The Hall–Kier alpha value is -1.95. The van der Waals surface area contributed by atoms with Crippen LogP contribution >= 0.6 is 0 Å². The van der Waals surface area contributed by atoms with Crippen molar-refractivity contribution >= 4 is 5.69 Å². The smallest absolute Gasteiger partial charge is 0.185 e. The van der Waals surface area contributed by atoms with Crippen molar-refractivity contribution in [2.24, 2.45) is 0 Å². The maximum Gasteiger partial charge on any atom is 0.185 e. The number of hydrogen-bond donors (Lipinski definition) is 0. The molecule has 1 aliphatic heterocycles. The van der Waals surface area contributed by atoms with E-state index in [1.807, 2.05) is 47.7 Å². The van der Waals surface area contributed by atoms with Gasteiger partial charge in [-0.15, -0.1) is 0 Å². The number of pyridine rings is 1. The minimum absolute atomic E-state index is 0.0777. The molecule has 5 nitrogen and oxygen atoms in total. The molecule has 1 fully saturated rings. The number of ether oxygens (including phenoxy) is 2. The number of para-hydroxylation sites is 1. The predicted octanol–water partition coefficient (Wildman–Crippen LogP) is 2.95. The van der Waals surface area contributed by atoms with Crippen molar-refractivity contribution in [1.29, 1.82) is 0 Å². The van der Waals surface area contributed by atoms with Crippen molar-refractivity contribution in [3.05, 3.63) is 60.4 Å². The zero-order chi connectivity index (χ0) is 15.4. The second-order valence-corrected chi connectivity index (χ2v) is 5.18. The average Bonchev–Trinajstić information content (AvgIpc) is 3.03. The molecule has 0 N–H and O–H groups in total. The van der Waals surface area contributed by atoms with Crippen LogP contribution in [-0.2, 0) is 14.3 Å². The number of methoxy groups -OCH3 is 2. The van der Waals surface area contributed by atoms with E-state index in [0.29, 0.717) is 0 Å². The van der Waals surface area contributed by atoms with Crippen molar-refractivity contribution in [2.75, 3.05) is 19.3 Å². The Labute approximate surface area is 130 Å². The van der Waals surface area contributed by atoms with Crippen molar-refractivity contribution in [2.45, 2.75) is 24.9 Å². The number of benzene rings is 1. The molecule has 116 valence electrons. The highest BCUT2D eigenvalue weighted by Gasteiger charge is 2.39. The first-order valence-electron chi connectivity index (χ1n) is 7.30. The Morgan fingerprint density at radius 2 is 1.91 bits per heavy atom. The van der Waals surface area contributed by atoms with Crippen LogP contribution in [0.15, 0.2) is 54.9 Å². The van der Waals surface area contributed by atoms with Crippen LogP contribution in [0.5, 0.6) is 0 Å². The molecular formula is C17H20N2O3.